The number of hydrogen-bond donors (Lipinski definition) is 4. The Morgan fingerprint density at radius 1 is 1.10 bits per heavy atom. The molecule has 0 aromatic carbocycles. The lowest BCUT2D eigenvalue weighted by molar-refractivity contribution is -0.0365. The van der Waals surface area contributed by atoms with Crippen molar-refractivity contribution in [2.45, 2.75) is 51.1 Å². The standard InChI is InChI=1S/C14H24N2O5/c1-3-9(2)21-14(8-18)11-6-15-10(5-16-11)4-12(19)13(20)7-17/h5-6,9,12-14,17-20H,3-4,7-8H2,1-2H3/t9-,12-,13+,14?/m0/s1. The number of nitrogens with zero attached hydrogens (tertiary/aromatic N) is 2. The number of rotatable bonds is 9. The molecule has 0 bridgehead atoms. The summed E-state index contributed by atoms with van der Waals surface area (Å²) >= 11 is 0. The average molecular weight is 300 g/mol. The lowest BCUT2D eigenvalue weighted by atomic mass is 10.1. The Labute approximate surface area is 124 Å². The molecule has 0 aliphatic heterocycles. The molecular weight excluding hydrogens is 276 g/mol. The molecule has 0 aliphatic rings. The first kappa shape index (κ1) is 17.9. The van der Waals surface area contributed by atoms with E-state index in [9.17, 15) is 15.3 Å². The van der Waals surface area contributed by atoms with Crippen LogP contribution in [-0.4, -0.2) is 61.9 Å². The maximum Gasteiger partial charge on any atom is 0.124 e. The molecule has 1 rings (SSSR count). The van der Waals surface area contributed by atoms with Gasteiger partial charge >= 0.3 is 0 Å². The van der Waals surface area contributed by atoms with Crippen LogP contribution in [0.4, 0.5) is 0 Å². The minimum Gasteiger partial charge on any atom is -0.394 e. The number of ether oxygens (including phenoxy) is 1. The normalized spacial score (nSPS) is 17.2. The van der Waals surface area contributed by atoms with Crippen LogP contribution in [-0.2, 0) is 11.2 Å². The number of aliphatic hydroxyl groups is 4. The SMILES string of the molecule is CC[C@H](C)OC(CO)c1cnc(C[C@H](O)[C@H](O)CO)cn1. The maximum atomic E-state index is 9.60. The molecule has 7 heteroatoms. The monoisotopic (exact) mass is 300 g/mol. The van der Waals surface area contributed by atoms with E-state index in [1.165, 1.54) is 12.4 Å². The second-order valence-electron chi connectivity index (χ2n) is 4.98. The molecule has 1 heterocycles. The van der Waals surface area contributed by atoms with Crippen LogP contribution < -0.4 is 0 Å². The molecule has 7 nitrogen and oxygen atoms in total. The van der Waals surface area contributed by atoms with Gasteiger partial charge in [-0.05, 0) is 13.3 Å². The van der Waals surface area contributed by atoms with E-state index in [2.05, 4.69) is 9.97 Å². The first-order valence-corrected chi connectivity index (χ1v) is 7.05. The van der Waals surface area contributed by atoms with Crippen LogP contribution in [0.3, 0.4) is 0 Å². The summed E-state index contributed by atoms with van der Waals surface area (Å²) < 4.78 is 5.64. The molecule has 1 aromatic heterocycles. The van der Waals surface area contributed by atoms with E-state index in [1.807, 2.05) is 13.8 Å². The average Bonchev–Trinajstić information content (AvgIpc) is 2.52. The van der Waals surface area contributed by atoms with Crippen LogP contribution in [0.5, 0.6) is 0 Å². The maximum absolute atomic E-state index is 9.60. The summed E-state index contributed by atoms with van der Waals surface area (Å²) in [4.78, 5) is 8.30. The molecule has 0 fully saturated rings. The summed E-state index contributed by atoms with van der Waals surface area (Å²) in [5.74, 6) is 0. The summed E-state index contributed by atoms with van der Waals surface area (Å²) in [5, 5.41) is 37.0. The third-order valence-corrected chi connectivity index (χ3v) is 3.24. The molecule has 0 spiro atoms. The van der Waals surface area contributed by atoms with Crippen molar-refractivity contribution in [3.63, 3.8) is 0 Å². The van der Waals surface area contributed by atoms with E-state index in [-0.39, 0.29) is 19.1 Å². The van der Waals surface area contributed by atoms with Gasteiger partial charge in [-0.2, -0.15) is 0 Å². The van der Waals surface area contributed by atoms with Gasteiger partial charge in [0.15, 0.2) is 0 Å². The Hall–Kier alpha value is -1.12. The van der Waals surface area contributed by atoms with Crippen molar-refractivity contribution in [1.29, 1.82) is 0 Å². The van der Waals surface area contributed by atoms with Crippen LogP contribution in [0.25, 0.3) is 0 Å². The highest BCUT2D eigenvalue weighted by Gasteiger charge is 2.18. The Balaban J connectivity index is 2.67. The minimum absolute atomic E-state index is 0.00477. The van der Waals surface area contributed by atoms with Crippen molar-refractivity contribution in [1.82, 2.24) is 9.97 Å². The topological polar surface area (TPSA) is 116 Å². The molecule has 0 radical (unpaired) electrons. The largest absolute Gasteiger partial charge is 0.394 e. The number of hydrogen-bond acceptors (Lipinski definition) is 7. The van der Waals surface area contributed by atoms with E-state index in [0.29, 0.717) is 11.4 Å². The van der Waals surface area contributed by atoms with Crippen LogP contribution in [0, 0.1) is 0 Å². The number of aromatic nitrogens is 2. The van der Waals surface area contributed by atoms with Gasteiger partial charge in [0.25, 0.3) is 0 Å². The molecular formula is C14H24N2O5. The first-order valence-electron chi connectivity index (χ1n) is 7.05. The second kappa shape index (κ2) is 9.01. The predicted octanol–water partition coefficient (Wildman–Crippen LogP) is -0.418. The zero-order chi connectivity index (χ0) is 15.8. The summed E-state index contributed by atoms with van der Waals surface area (Å²) in [7, 11) is 0. The Morgan fingerprint density at radius 3 is 2.29 bits per heavy atom. The summed E-state index contributed by atoms with van der Waals surface area (Å²) in [5.41, 5.74) is 0.998. The van der Waals surface area contributed by atoms with E-state index >= 15 is 0 Å². The molecule has 1 unspecified atom stereocenters. The van der Waals surface area contributed by atoms with Crippen LogP contribution in [0.15, 0.2) is 12.4 Å². The van der Waals surface area contributed by atoms with Gasteiger partial charge in [-0.3, -0.25) is 9.97 Å². The Bertz CT molecular complexity index is 401. The van der Waals surface area contributed by atoms with E-state index < -0.39 is 24.9 Å². The fourth-order valence-electron chi connectivity index (χ4n) is 1.69. The van der Waals surface area contributed by atoms with Crippen molar-refractivity contribution in [2.24, 2.45) is 0 Å². The highest BCUT2D eigenvalue weighted by Crippen LogP contribution is 2.17. The zero-order valence-corrected chi connectivity index (χ0v) is 12.4. The molecule has 4 N–H and O–H groups in total. The molecule has 0 amide bonds. The van der Waals surface area contributed by atoms with E-state index in [0.717, 1.165) is 6.42 Å². The molecule has 1 aromatic rings. The quantitative estimate of drug-likeness (QED) is 0.489. The van der Waals surface area contributed by atoms with E-state index in [1.54, 1.807) is 0 Å². The molecule has 4 atom stereocenters. The second-order valence-corrected chi connectivity index (χ2v) is 4.98. The summed E-state index contributed by atoms with van der Waals surface area (Å²) in [6, 6.07) is 0. The van der Waals surface area contributed by atoms with Crippen molar-refractivity contribution in [3.05, 3.63) is 23.8 Å². The Kier molecular flexibility index (Phi) is 7.69. The van der Waals surface area contributed by atoms with Gasteiger partial charge in [0.1, 0.15) is 12.2 Å². The third-order valence-electron chi connectivity index (χ3n) is 3.24. The van der Waals surface area contributed by atoms with Gasteiger partial charge < -0.3 is 25.2 Å². The van der Waals surface area contributed by atoms with Gasteiger partial charge in [0.2, 0.25) is 0 Å². The summed E-state index contributed by atoms with van der Waals surface area (Å²) in [6.45, 7) is 3.20. The fourth-order valence-corrected chi connectivity index (χ4v) is 1.69. The number of aliphatic hydroxyl groups excluding tert-OH is 4. The molecule has 21 heavy (non-hydrogen) atoms. The van der Waals surface area contributed by atoms with Gasteiger partial charge in [-0.25, -0.2) is 0 Å². The highest BCUT2D eigenvalue weighted by atomic mass is 16.5. The van der Waals surface area contributed by atoms with Crippen molar-refractivity contribution in [3.8, 4) is 0 Å². The molecule has 120 valence electrons. The zero-order valence-electron chi connectivity index (χ0n) is 12.4. The smallest absolute Gasteiger partial charge is 0.124 e. The van der Waals surface area contributed by atoms with Gasteiger partial charge in [-0.1, -0.05) is 6.92 Å². The lowest BCUT2D eigenvalue weighted by Gasteiger charge is -2.19. The van der Waals surface area contributed by atoms with Crippen LogP contribution >= 0.6 is 0 Å². The van der Waals surface area contributed by atoms with Crippen molar-refractivity contribution >= 4 is 0 Å². The molecule has 0 saturated carbocycles. The Morgan fingerprint density at radius 2 is 1.81 bits per heavy atom. The molecule has 0 aliphatic carbocycles. The van der Waals surface area contributed by atoms with Crippen LogP contribution in [0.1, 0.15) is 37.8 Å². The minimum atomic E-state index is -1.20. The van der Waals surface area contributed by atoms with Crippen LogP contribution in [0.2, 0.25) is 0 Å². The van der Waals surface area contributed by atoms with Gasteiger partial charge in [0, 0.05) is 12.6 Å². The lowest BCUT2D eigenvalue weighted by Crippen LogP contribution is -2.31. The van der Waals surface area contributed by atoms with Crippen molar-refractivity contribution < 1.29 is 25.2 Å². The summed E-state index contributed by atoms with van der Waals surface area (Å²) in [6.07, 6.45) is 1.03. The van der Waals surface area contributed by atoms with Gasteiger partial charge in [0.05, 0.1) is 43.0 Å². The predicted molar refractivity (Wildman–Crippen MR) is 75.5 cm³/mol. The van der Waals surface area contributed by atoms with Gasteiger partial charge in [-0.15, -0.1) is 0 Å². The molecule has 0 saturated heterocycles. The fraction of sp³-hybridized carbons (Fsp3) is 0.714. The first-order chi connectivity index (χ1) is 10.0. The third kappa shape index (κ3) is 5.64. The highest BCUT2D eigenvalue weighted by molar-refractivity contribution is 5.06. The van der Waals surface area contributed by atoms with Crippen molar-refractivity contribution in [2.75, 3.05) is 13.2 Å². The van der Waals surface area contributed by atoms with E-state index in [4.69, 9.17) is 9.84 Å².